The van der Waals surface area contributed by atoms with Crippen LogP contribution in [-0.4, -0.2) is 57.7 Å². The van der Waals surface area contributed by atoms with Crippen LogP contribution in [0.25, 0.3) is 0 Å². The number of benzene rings is 2. The molecule has 3 amide bonds. The number of furan rings is 1. The van der Waals surface area contributed by atoms with Gasteiger partial charge in [0.2, 0.25) is 11.8 Å². The largest absolute Gasteiger partial charge is 0.497 e. The fourth-order valence-corrected chi connectivity index (χ4v) is 4.31. The molecule has 2 atom stereocenters. The number of rotatable bonds is 11. The molecule has 10 nitrogen and oxygen atoms in total. The van der Waals surface area contributed by atoms with Crippen LogP contribution in [0.2, 0.25) is 0 Å². The molecule has 0 aliphatic carbocycles. The van der Waals surface area contributed by atoms with E-state index in [1.54, 1.807) is 48.5 Å². The second-order valence-corrected chi connectivity index (χ2v) is 8.65. The highest BCUT2D eigenvalue weighted by Gasteiger charge is 2.35. The molecule has 0 unspecified atom stereocenters. The summed E-state index contributed by atoms with van der Waals surface area (Å²) < 4.78 is 21.7. The molecule has 0 radical (unpaired) electrons. The molecule has 1 fully saturated rings. The summed E-state index contributed by atoms with van der Waals surface area (Å²) in [6, 6.07) is 15.9. The summed E-state index contributed by atoms with van der Waals surface area (Å²) in [4.78, 5) is 41.4. The summed E-state index contributed by atoms with van der Waals surface area (Å²) in [5, 5.41) is 5.53. The first-order chi connectivity index (χ1) is 18.5. The number of hydrogen-bond acceptors (Lipinski definition) is 7. The summed E-state index contributed by atoms with van der Waals surface area (Å²) in [6.07, 6.45) is 3.08. The zero-order valence-electron chi connectivity index (χ0n) is 21.3. The van der Waals surface area contributed by atoms with Crippen LogP contribution >= 0.6 is 0 Å². The molecule has 3 aromatic rings. The first-order valence-electron chi connectivity index (χ1n) is 12.3. The van der Waals surface area contributed by atoms with Crippen molar-refractivity contribution in [3.8, 4) is 11.5 Å². The molecule has 0 bridgehead atoms. The Balaban J connectivity index is 1.70. The van der Waals surface area contributed by atoms with Crippen molar-refractivity contribution in [2.75, 3.05) is 38.8 Å². The lowest BCUT2D eigenvalue weighted by Crippen LogP contribution is -2.48. The number of ether oxygens (including phenoxy) is 3. The van der Waals surface area contributed by atoms with Crippen LogP contribution in [0.4, 0.5) is 5.69 Å². The highest BCUT2D eigenvalue weighted by atomic mass is 16.5. The van der Waals surface area contributed by atoms with Gasteiger partial charge in [0.15, 0.2) is 5.76 Å². The lowest BCUT2D eigenvalue weighted by atomic mass is 10.0. The third-order valence-corrected chi connectivity index (χ3v) is 6.21. The molecule has 4 rings (SSSR count). The Kier molecular flexibility index (Phi) is 8.99. The van der Waals surface area contributed by atoms with Crippen LogP contribution in [0.3, 0.4) is 0 Å². The molecule has 1 aliphatic heterocycles. The molecule has 2 heterocycles. The minimum absolute atomic E-state index is 0.0697. The molecule has 1 aliphatic rings. The Bertz CT molecular complexity index is 1220. The third-order valence-electron chi connectivity index (χ3n) is 6.21. The highest BCUT2D eigenvalue weighted by molar-refractivity contribution is 6.05. The van der Waals surface area contributed by atoms with E-state index in [9.17, 15) is 14.4 Å². The van der Waals surface area contributed by atoms with Gasteiger partial charge in [-0.1, -0.05) is 30.3 Å². The van der Waals surface area contributed by atoms with E-state index >= 15 is 0 Å². The van der Waals surface area contributed by atoms with E-state index in [2.05, 4.69) is 10.6 Å². The molecule has 10 heteroatoms. The van der Waals surface area contributed by atoms with Gasteiger partial charge in [0.25, 0.3) is 5.91 Å². The SMILES string of the molecule is COc1ccc(N(C(=O)CNC(=O)c2ccco2)[C@@H](C(=O)NC[C@@H]2CCCO2)c2ccccc2)c(OC)c1. The van der Waals surface area contributed by atoms with Crippen molar-refractivity contribution >= 4 is 23.4 Å². The molecular formula is C28H31N3O7. The quantitative estimate of drug-likeness (QED) is 0.398. The number of anilines is 1. The predicted octanol–water partition coefficient (Wildman–Crippen LogP) is 3.10. The van der Waals surface area contributed by atoms with Crippen molar-refractivity contribution < 1.29 is 33.0 Å². The number of carbonyl (C=O) groups excluding carboxylic acids is 3. The molecule has 0 spiro atoms. The monoisotopic (exact) mass is 521 g/mol. The number of nitrogens with one attached hydrogen (secondary N) is 2. The average molecular weight is 522 g/mol. The van der Waals surface area contributed by atoms with Crippen molar-refractivity contribution in [3.05, 3.63) is 78.3 Å². The lowest BCUT2D eigenvalue weighted by Gasteiger charge is -2.33. The van der Waals surface area contributed by atoms with Gasteiger partial charge in [0, 0.05) is 19.2 Å². The van der Waals surface area contributed by atoms with Gasteiger partial charge in [-0.2, -0.15) is 0 Å². The Morgan fingerprint density at radius 3 is 2.50 bits per heavy atom. The van der Waals surface area contributed by atoms with E-state index in [1.165, 1.54) is 31.4 Å². The van der Waals surface area contributed by atoms with Gasteiger partial charge in [-0.25, -0.2) is 0 Å². The minimum Gasteiger partial charge on any atom is -0.497 e. The first kappa shape index (κ1) is 26.7. The zero-order chi connectivity index (χ0) is 26.9. The van der Waals surface area contributed by atoms with Crippen molar-refractivity contribution in [1.29, 1.82) is 0 Å². The molecule has 38 heavy (non-hydrogen) atoms. The van der Waals surface area contributed by atoms with Gasteiger partial charge in [0.05, 0.1) is 38.8 Å². The van der Waals surface area contributed by atoms with E-state index in [0.29, 0.717) is 35.9 Å². The van der Waals surface area contributed by atoms with Crippen molar-refractivity contribution in [3.63, 3.8) is 0 Å². The first-order valence-corrected chi connectivity index (χ1v) is 12.3. The topological polar surface area (TPSA) is 119 Å². The predicted molar refractivity (Wildman–Crippen MR) is 139 cm³/mol. The molecule has 200 valence electrons. The van der Waals surface area contributed by atoms with Gasteiger partial charge >= 0.3 is 0 Å². The number of carbonyl (C=O) groups is 3. The lowest BCUT2D eigenvalue weighted by molar-refractivity contribution is -0.126. The van der Waals surface area contributed by atoms with E-state index in [1.807, 2.05) is 6.07 Å². The number of amides is 3. The van der Waals surface area contributed by atoms with E-state index in [4.69, 9.17) is 18.6 Å². The molecular weight excluding hydrogens is 490 g/mol. The van der Waals surface area contributed by atoms with Gasteiger partial charge in [0.1, 0.15) is 17.5 Å². The summed E-state index contributed by atoms with van der Waals surface area (Å²) >= 11 is 0. The normalized spacial score (nSPS) is 15.4. The number of methoxy groups -OCH3 is 2. The maximum absolute atomic E-state index is 13.8. The van der Waals surface area contributed by atoms with E-state index in [-0.39, 0.29) is 11.9 Å². The Morgan fingerprint density at radius 2 is 1.84 bits per heavy atom. The van der Waals surface area contributed by atoms with E-state index < -0.39 is 30.3 Å². The maximum atomic E-state index is 13.8. The van der Waals surface area contributed by atoms with Crippen molar-refractivity contribution in [2.45, 2.75) is 25.0 Å². The summed E-state index contributed by atoms with van der Waals surface area (Å²) in [5.74, 6) is -0.569. The second-order valence-electron chi connectivity index (χ2n) is 8.65. The molecule has 1 aromatic heterocycles. The number of hydrogen-bond donors (Lipinski definition) is 2. The molecule has 0 saturated carbocycles. The average Bonchev–Trinajstić information content (AvgIpc) is 3.68. The summed E-state index contributed by atoms with van der Waals surface area (Å²) in [5.41, 5.74) is 0.924. The minimum atomic E-state index is -1.06. The van der Waals surface area contributed by atoms with Gasteiger partial charge in [-0.15, -0.1) is 0 Å². The van der Waals surface area contributed by atoms with Gasteiger partial charge in [-0.05, 0) is 42.7 Å². The van der Waals surface area contributed by atoms with Crippen LogP contribution in [0.1, 0.15) is 35.0 Å². The Morgan fingerprint density at radius 1 is 1.03 bits per heavy atom. The van der Waals surface area contributed by atoms with Crippen LogP contribution in [0.15, 0.2) is 71.3 Å². The van der Waals surface area contributed by atoms with Crippen LogP contribution in [-0.2, 0) is 14.3 Å². The smallest absolute Gasteiger partial charge is 0.287 e. The molecule has 1 saturated heterocycles. The maximum Gasteiger partial charge on any atom is 0.287 e. The van der Waals surface area contributed by atoms with Crippen molar-refractivity contribution in [2.24, 2.45) is 0 Å². The van der Waals surface area contributed by atoms with Crippen molar-refractivity contribution in [1.82, 2.24) is 10.6 Å². The highest BCUT2D eigenvalue weighted by Crippen LogP contribution is 2.37. The molecule has 2 N–H and O–H groups in total. The summed E-state index contributed by atoms with van der Waals surface area (Å²) in [6.45, 7) is 0.585. The fourth-order valence-electron chi connectivity index (χ4n) is 4.31. The fraction of sp³-hybridized carbons (Fsp3) is 0.321. The number of nitrogens with zero attached hydrogens (tertiary/aromatic N) is 1. The van der Waals surface area contributed by atoms with Crippen LogP contribution in [0, 0.1) is 0 Å². The van der Waals surface area contributed by atoms with E-state index in [0.717, 1.165) is 12.8 Å². The Hall–Kier alpha value is -4.31. The van der Waals surface area contributed by atoms with Crippen LogP contribution in [0.5, 0.6) is 11.5 Å². The Labute approximate surface area is 220 Å². The summed E-state index contributed by atoms with van der Waals surface area (Å²) in [7, 11) is 2.99. The van der Waals surface area contributed by atoms with Gasteiger partial charge < -0.3 is 29.3 Å². The van der Waals surface area contributed by atoms with Crippen LogP contribution < -0.4 is 25.0 Å². The third kappa shape index (κ3) is 6.33. The molecule has 2 aromatic carbocycles. The second kappa shape index (κ2) is 12.8. The standard InChI is InChI=1S/C28H31N3O7/c1-35-20-12-13-22(24(16-20)36-2)31(25(32)18-30-27(33)23-11-7-15-38-23)26(19-8-4-3-5-9-19)28(34)29-17-21-10-6-14-37-21/h3-5,7-9,11-13,15-16,21,26H,6,10,14,17-18H2,1-2H3,(H,29,34)(H,30,33)/t21-,26+/m0/s1. The van der Waals surface area contributed by atoms with Gasteiger partial charge in [-0.3, -0.25) is 19.3 Å². The zero-order valence-corrected chi connectivity index (χ0v) is 21.3.